The minimum absolute atomic E-state index is 0.0769. The van der Waals surface area contributed by atoms with Gasteiger partial charge in [-0.05, 0) is 20.8 Å². The standard InChI is InChI=1S/C22H27N7O6/c1-22(2,3)35-21(34)28-5-4-15-14(11-28)10-25-20(26-15)27-6-7-29(16(12-27)18(32)33)19-23-8-13(9-24-19)17(30)31/h8-10,16H,4-7,11-12H2,1-3H3,(H,30,31)(H,32,33). The first kappa shape index (κ1) is 24.1. The van der Waals surface area contributed by atoms with Crippen molar-refractivity contribution in [1.29, 1.82) is 0 Å². The van der Waals surface area contributed by atoms with Crippen LogP contribution in [0.15, 0.2) is 18.6 Å². The lowest BCUT2D eigenvalue weighted by atomic mass is 10.1. The average molecular weight is 486 g/mol. The minimum Gasteiger partial charge on any atom is -0.480 e. The smallest absolute Gasteiger partial charge is 0.410 e. The van der Waals surface area contributed by atoms with Crippen molar-refractivity contribution in [2.24, 2.45) is 0 Å². The average Bonchev–Trinajstić information content (AvgIpc) is 2.82. The summed E-state index contributed by atoms with van der Waals surface area (Å²) in [6.45, 7) is 7.08. The summed E-state index contributed by atoms with van der Waals surface area (Å²) >= 11 is 0. The number of carbonyl (C=O) groups excluding carboxylic acids is 1. The molecule has 1 unspecified atom stereocenters. The number of rotatable bonds is 4. The number of fused-ring (bicyclic) bond motifs is 1. The van der Waals surface area contributed by atoms with Gasteiger partial charge < -0.3 is 29.6 Å². The van der Waals surface area contributed by atoms with Crippen LogP contribution in [0.1, 0.15) is 42.4 Å². The Bertz CT molecular complexity index is 1130. The monoisotopic (exact) mass is 485 g/mol. The zero-order chi connectivity index (χ0) is 25.3. The van der Waals surface area contributed by atoms with Gasteiger partial charge in [-0.15, -0.1) is 0 Å². The van der Waals surface area contributed by atoms with E-state index in [2.05, 4.69) is 19.9 Å². The highest BCUT2D eigenvalue weighted by atomic mass is 16.6. The van der Waals surface area contributed by atoms with Crippen molar-refractivity contribution in [1.82, 2.24) is 24.8 Å². The summed E-state index contributed by atoms with van der Waals surface area (Å²) in [5, 5.41) is 18.8. The molecule has 35 heavy (non-hydrogen) atoms. The van der Waals surface area contributed by atoms with Crippen LogP contribution in [0.25, 0.3) is 0 Å². The maximum atomic E-state index is 12.4. The molecular formula is C22H27N7O6. The molecule has 0 aliphatic carbocycles. The normalized spacial score (nSPS) is 18.1. The van der Waals surface area contributed by atoms with Gasteiger partial charge in [-0.3, -0.25) is 0 Å². The highest BCUT2D eigenvalue weighted by Gasteiger charge is 2.35. The van der Waals surface area contributed by atoms with Crippen molar-refractivity contribution >= 4 is 29.9 Å². The van der Waals surface area contributed by atoms with Gasteiger partial charge in [-0.1, -0.05) is 0 Å². The third-order valence-electron chi connectivity index (χ3n) is 5.66. The summed E-state index contributed by atoms with van der Waals surface area (Å²) in [5.74, 6) is -1.65. The zero-order valence-electron chi connectivity index (χ0n) is 19.7. The number of amides is 1. The number of carboxylic acids is 2. The fourth-order valence-electron chi connectivity index (χ4n) is 3.94. The Hall–Kier alpha value is -4.03. The highest BCUT2D eigenvalue weighted by Crippen LogP contribution is 2.24. The first-order chi connectivity index (χ1) is 16.5. The molecule has 2 aliphatic rings. The van der Waals surface area contributed by atoms with Gasteiger partial charge in [-0.2, -0.15) is 0 Å². The molecule has 0 spiro atoms. The van der Waals surface area contributed by atoms with Crippen LogP contribution >= 0.6 is 0 Å². The van der Waals surface area contributed by atoms with E-state index in [-0.39, 0.29) is 30.7 Å². The number of carboxylic acid groups (broad SMARTS) is 2. The lowest BCUT2D eigenvalue weighted by Crippen LogP contribution is -2.57. The molecule has 4 heterocycles. The molecule has 186 valence electrons. The SMILES string of the molecule is CC(C)(C)OC(=O)N1CCc2nc(N3CCN(c4ncc(C(=O)O)cn4)C(C(=O)O)C3)ncc2C1. The van der Waals surface area contributed by atoms with Crippen LogP contribution in [0, 0.1) is 0 Å². The summed E-state index contributed by atoms with van der Waals surface area (Å²) in [4.78, 5) is 57.5. The number of nitrogens with zero attached hydrogens (tertiary/aromatic N) is 7. The molecule has 0 radical (unpaired) electrons. The fraction of sp³-hybridized carbons (Fsp3) is 0.500. The van der Waals surface area contributed by atoms with Gasteiger partial charge in [0.25, 0.3) is 0 Å². The molecule has 13 nitrogen and oxygen atoms in total. The molecule has 0 aromatic carbocycles. The Balaban J connectivity index is 1.46. The van der Waals surface area contributed by atoms with E-state index >= 15 is 0 Å². The van der Waals surface area contributed by atoms with Gasteiger partial charge >= 0.3 is 18.0 Å². The van der Waals surface area contributed by atoms with Crippen molar-refractivity contribution in [3.8, 4) is 0 Å². The van der Waals surface area contributed by atoms with Crippen molar-refractivity contribution in [3.05, 3.63) is 35.4 Å². The van der Waals surface area contributed by atoms with E-state index in [4.69, 9.17) is 9.84 Å². The van der Waals surface area contributed by atoms with Gasteiger partial charge in [0.15, 0.2) is 0 Å². The van der Waals surface area contributed by atoms with Crippen LogP contribution in [0.3, 0.4) is 0 Å². The zero-order valence-corrected chi connectivity index (χ0v) is 19.7. The number of aromatic carboxylic acids is 1. The van der Waals surface area contributed by atoms with E-state index in [1.807, 2.05) is 20.8 Å². The summed E-state index contributed by atoms with van der Waals surface area (Å²) < 4.78 is 5.45. The number of aromatic nitrogens is 4. The summed E-state index contributed by atoms with van der Waals surface area (Å²) in [6.07, 6.45) is 4.14. The maximum absolute atomic E-state index is 12.4. The van der Waals surface area contributed by atoms with Crippen LogP contribution in [0.2, 0.25) is 0 Å². The molecule has 2 N–H and O–H groups in total. The van der Waals surface area contributed by atoms with E-state index in [0.29, 0.717) is 32.0 Å². The lowest BCUT2D eigenvalue weighted by molar-refractivity contribution is -0.138. The Morgan fingerprint density at radius 1 is 1.00 bits per heavy atom. The molecule has 13 heteroatoms. The molecule has 1 saturated heterocycles. The van der Waals surface area contributed by atoms with Crippen LogP contribution in [-0.4, -0.2) is 90.9 Å². The van der Waals surface area contributed by atoms with Crippen molar-refractivity contribution in [2.45, 2.75) is 45.4 Å². The second-order valence-electron chi connectivity index (χ2n) is 9.36. The number of hydrogen-bond acceptors (Lipinski definition) is 10. The summed E-state index contributed by atoms with van der Waals surface area (Å²) in [6, 6.07) is -0.971. The number of hydrogen-bond donors (Lipinski definition) is 2. The van der Waals surface area contributed by atoms with E-state index in [9.17, 15) is 19.5 Å². The molecule has 2 aliphatic heterocycles. The first-order valence-corrected chi connectivity index (χ1v) is 11.1. The Morgan fingerprint density at radius 2 is 1.69 bits per heavy atom. The molecule has 1 atom stereocenters. The largest absolute Gasteiger partial charge is 0.480 e. The van der Waals surface area contributed by atoms with Crippen LogP contribution in [-0.2, 0) is 22.5 Å². The molecule has 0 bridgehead atoms. The highest BCUT2D eigenvalue weighted by molar-refractivity contribution is 5.87. The summed E-state index contributed by atoms with van der Waals surface area (Å²) in [7, 11) is 0. The van der Waals surface area contributed by atoms with Crippen LogP contribution in [0.4, 0.5) is 16.7 Å². The first-order valence-electron chi connectivity index (χ1n) is 11.1. The number of piperazine rings is 1. The number of carbonyl (C=O) groups is 3. The summed E-state index contributed by atoms with van der Waals surface area (Å²) in [5.41, 5.74) is 0.985. The third-order valence-corrected chi connectivity index (χ3v) is 5.66. The number of ether oxygens (including phenoxy) is 1. The molecule has 2 aromatic rings. The Labute approximate surface area is 201 Å². The van der Waals surface area contributed by atoms with Gasteiger partial charge in [0.05, 0.1) is 24.3 Å². The number of aliphatic carboxylic acids is 1. The Morgan fingerprint density at radius 3 is 2.31 bits per heavy atom. The molecular weight excluding hydrogens is 458 g/mol. The number of anilines is 2. The topological polar surface area (TPSA) is 162 Å². The fourth-order valence-corrected chi connectivity index (χ4v) is 3.94. The van der Waals surface area contributed by atoms with Crippen molar-refractivity contribution < 1.29 is 29.3 Å². The molecule has 2 aromatic heterocycles. The predicted octanol–water partition coefficient (Wildman–Crippen LogP) is 1.04. The van der Waals surface area contributed by atoms with Crippen molar-refractivity contribution in [2.75, 3.05) is 36.0 Å². The van der Waals surface area contributed by atoms with E-state index in [1.54, 1.807) is 16.0 Å². The van der Waals surface area contributed by atoms with Gasteiger partial charge in [0.1, 0.15) is 11.6 Å². The van der Waals surface area contributed by atoms with Gasteiger partial charge in [0, 0.05) is 50.2 Å². The van der Waals surface area contributed by atoms with E-state index < -0.39 is 23.6 Å². The van der Waals surface area contributed by atoms with E-state index in [1.165, 1.54) is 4.90 Å². The maximum Gasteiger partial charge on any atom is 0.410 e. The van der Waals surface area contributed by atoms with E-state index in [0.717, 1.165) is 23.7 Å². The Kier molecular flexibility index (Phi) is 6.41. The quantitative estimate of drug-likeness (QED) is 0.633. The second-order valence-corrected chi connectivity index (χ2v) is 9.36. The second kappa shape index (κ2) is 9.31. The van der Waals surface area contributed by atoms with Crippen molar-refractivity contribution in [3.63, 3.8) is 0 Å². The lowest BCUT2D eigenvalue weighted by Gasteiger charge is -2.39. The van der Waals surface area contributed by atoms with Crippen LogP contribution < -0.4 is 9.80 Å². The molecule has 4 rings (SSSR count). The predicted molar refractivity (Wildman–Crippen MR) is 122 cm³/mol. The molecule has 1 amide bonds. The minimum atomic E-state index is -1.16. The molecule has 1 fully saturated rings. The van der Waals surface area contributed by atoms with Gasteiger partial charge in [-0.25, -0.2) is 34.3 Å². The molecule has 0 saturated carbocycles. The van der Waals surface area contributed by atoms with Gasteiger partial charge in [0.2, 0.25) is 11.9 Å². The third kappa shape index (κ3) is 5.39. The van der Waals surface area contributed by atoms with Crippen LogP contribution in [0.5, 0.6) is 0 Å².